The predicted molar refractivity (Wildman–Crippen MR) is 83.3 cm³/mol. The first-order chi connectivity index (χ1) is 10.7. The fraction of sp³-hybridized carbons (Fsp3) is 0.750. The van der Waals surface area contributed by atoms with Crippen molar-refractivity contribution in [2.45, 2.75) is 38.8 Å². The molecular weight excluding hydrogens is 280 g/mol. The molecule has 2 fully saturated rings. The van der Waals surface area contributed by atoms with E-state index in [0.717, 1.165) is 57.2 Å². The number of hydrogen-bond acceptors (Lipinski definition) is 5. The summed E-state index contributed by atoms with van der Waals surface area (Å²) in [7, 11) is 1.94. The van der Waals surface area contributed by atoms with E-state index in [2.05, 4.69) is 20.1 Å². The molecule has 6 heteroatoms. The second-order valence-electron chi connectivity index (χ2n) is 6.44. The lowest BCUT2D eigenvalue weighted by molar-refractivity contribution is -0.141. The lowest BCUT2D eigenvalue weighted by atomic mass is 9.83. The number of rotatable bonds is 5. The molecule has 22 heavy (non-hydrogen) atoms. The summed E-state index contributed by atoms with van der Waals surface area (Å²) < 4.78 is 5.29. The lowest BCUT2D eigenvalue weighted by Crippen LogP contribution is -2.56. The molecule has 0 unspecified atom stereocenters. The molecule has 1 aromatic heterocycles. The molecule has 2 atom stereocenters. The van der Waals surface area contributed by atoms with Gasteiger partial charge in [0.2, 0.25) is 5.91 Å². The van der Waals surface area contributed by atoms with E-state index >= 15 is 0 Å². The van der Waals surface area contributed by atoms with E-state index in [1.807, 2.05) is 14.0 Å². The second-order valence-corrected chi connectivity index (χ2v) is 6.44. The maximum atomic E-state index is 12.2. The molecule has 3 heterocycles. The highest BCUT2D eigenvalue weighted by molar-refractivity contribution is 5.77. The number of likely N-dealkylation sites (N-methyl/N-ethyl adjacent to an activating group) is 1. The van der Waals surface area contributed by atoms with Gasteiger partial charge in [-0.25, -0.2) is 4.98 Å². The number of nitrogens with one attached hydrogen (secondary N) is 1. The van der Waals surface area contributed by atoms with E-state index in [1.54, 1.807) is 6.26 Å². The number of aryl methyl sites for hydroxylation is 1. The van der Waals surface area contributed by atoms with Crippen LogP contribution in [-0.4, -0.2) is 60.0 Å². The maximum absolute atomic E-state index is 12.2. The predicted octanol–water partition coefficient (Wildman–Crippen LogP) is 1.02. The number of aromatic nitrogens is 1. The van der Waals surface area contributed by atoms with Crippen molar-refractivity contribution in [2.24, 2.45) is 5.92 Å². The second kappa shape index (κ2) is 6.79. The molecule has 2 aliphatic heterocycles. The summed E-state index contributed by atoms with van der Waals surface area (Å²) in [6, 6.07) is 0.421. The Hall–Kier alpha value is -1.40. The van der Waals surface area contributed by atoms with Crippen LogP contribution in [-0.2, 0) is 11.3 Å². The van der Waals surface area contributed by atoms with Crippen LogP contribution in [0.2, 0.25) is 0 Å². The normalized spacial score (nSPS) is 26.3. The number of piperidine rings is 2. The zero-order valence-corrected chi connectivity index (χ0v) is 13.5. The summed E-state index contributed by atoms with van der Waals surface area (Å²) in [6.07, 6.45) is 4.54. The molecule has 2 aliphatic rings. The number of hydrogen-bond donors (Lipinski definition) is 1. The molecule has 1 amide bonds. The third-order valence-corrected chi connectivity index (χ3v) is 4.88. The Balaban J connectivity index is 1.60. The van der Waals surface area contributed by atoms with E-state index in [-0.39, 0.29) is 0 Å². The SMILES string of the molecule is CNCCN1C(=O)CC[C@H]2CN(Cc3coc(C)n3)CC[C@H]21. The van der Waals surface area contributed by atoms with Crippen LogP contribution in [0, 0.1) is 12.8 Å². The molecule has 1 aromatic rings. The molecule has 122 valence electrons. The first kappa shape index (κ1) is 15.5. The van der Waals surface area contributed by atoms with Crippen molar-refractivity contribution >= 4 is 5.91 Å². The van der Waals surface area contributed by atoms with Gasteiger partial charge in [-0.1, -0.05) is 0 Å². The van der Waals surface area contributed by atoms with Gasteiger partial charge < -0.3 is 14.6 Å². The number of carbonyl (C=O) groups is 1. The number of fused-ring (bicyclic) bond motifs is 1. The third kappa shape index (κ3) is 3.33. The molecule has 0 radical (unpaired) electrons. The van der Waals surface area contributed by atoms with Gasteiger partial charge in [0, 0.05) is 52.1 Å². The molecule has 0 bridgehead atoms. The van der Waals surface area contributed by atoms with Crippen molar-refractivity contribution in [3.63, 3.8) is 0 Å². The maximum Gasteiger partial charge on any atom is 0.222 e. The smallest absolute Gasteiger partial charge is 0.222 e. The monoisotopic (exact) mass is 306 g/mol. The molecule has 3 rings (SSSR count). The molecule has 0 aromatic carbocycles. The summed E-state index contributed by atoms with van der Waals surface area (Å²) in [6.45, 7) is 6.51. The Morgan fingerprint density at radius 2 is 2.32 bits per heavy atom. The number of oxazole rings is 1. The molecule has 0 aliphatic carbocycles. The fourth-order valence-electron chi connectivity index (χ4n) is 3.80. The summed E-state index contributed by atoms with van der Waals surface area (Å²) in [5.74, 6) is 1.65. The number of nitrogens with zero attached hydrogens (tertiary/aromatic N) is 3. The Bertz CT molecular complexity index is 516. The zero-order chi connectivity index (χ0) is 15.5. The average molecular weight is 306 g/mol. The van der Waals surface area contributed by atoms with Gasteiger partial charge in [-0.2, -0.15) is 0 Å². The Morgan fingerprint density at radius 3 is 3.05 bits per heavy atom. The average Bonchev–Trinajstić information content (AvgIpc) is 2.91. The lowest BCUT2D eigenvalue weighted by Gasteiger charge is -2.47. The fourth-order valence-corrected chi connectivity index (χ4v) is 3.80. The van der Waals surface area contributed by atoms with Gasteiger partial charge in [0.25, 0.3) is 0 Å². The quantitative estimate of drug-likeness (QED) is 0.880. The van der Waals surface area contributed by atoms with Crippen molar-refractivity contribution in [1.29, 1.82) is 0 Å². The van der Waals surface area contributed by atoms with Crippen LogP contribution in [0.5, 0.6) is 0 Å². The number of carbonyl (C=O) groups excluding carboxylic acids is 1. The number of amides is 1. The highest BCUT2D eigenvalue weighted by Crippen LogP contribution is 2.31. The van der Waals surface area contributed by atoms with Crippen LogP contribution in [0.4, 0.5) is 0 Å². The molecule has 2 saturated heterocycles. The van der Waals surface area contributed by atoms with Crippen LogP contribution < -0.4 is 5.32 Å². The zero-order valence-electron chi connectivity index (χ0n) is 13.5. The van der Waals surface area contributed by atoms with Crippen LogP contribution in [0.3, 0.4) is 0 Å². The van der Waals surface area contributed by atoms with Gasteiger partial charge in [-0.3, -0.25) is 9.69 Å². The molecule has 1 N–H and O–H groups in total. The minimum absolute atomic E-state index is 0.331. The molecule has 0 saturated carbocycles. The van der Waals surface area contributed by atoms with E-state index in [4.69, 9.17) is 4.42 Å². The highest BCUT2D eigenvalue weighted by atomic mass is 16.3. The Kier molecular flexibility index (Phi) is 4.78. The summed E-state index contributed by atoms with van der Waals surface area (Å²) in [5.41, 5.74) is 1.01. The topological polar surface area (TPSA) is 61.6 Å². The van der Waals surface area contributed by atoms with Crippen LogP contribution >= 0.6 is 0 Å². The third-order valence-electron chi connectivity index (χ3n) is 4.88. The first-order valence-corrected chi connectivity index (χ1v) is 8.25. The van der Waals surface area contributed by atoms with Crippen LogP contribution in [0.15, 0.2) is 10.7 Å². The minimum atomic E-state index is 0.331. The van der Waals surface area contributed by atoms with Gasteiger partial charge in [-0.05, 0) is 25.8 Å². The van der Waals surface area contributed by atoms with Crippen molar-refractivity contribution in [2.75, 3.05) is 33.2 Å². The standard InChI is InChI=1S/C16H26N4O2/c1-12-18-14(11-22-12)10-19-7-5-15-13(9-19)3-4-16(21)20(15)8-6-17-2/h11,13,15,17H,3-10H2,1-2H3/t13-,15+/m0/s1. The van der Waals surface area contributed by atoms with Crippen molar-refractivity contribution in [3.8, 4) is 0 Å². The molecular formula is C16H26N4O2. The van der Waals surface area contributed by atoms with Gasteiger partial charge in [-0.15, -0.1) is 0 Å². The molecule has 6 nitrogen and oxygen atoms in total. The Labute approximate surface area is 131 Å². The summed E-state index contributed by atoms with van der Waals surface area (Å²) in [4.78, 5) is 21.1. The largest absolute Gasteiger partial charge is 0.449 e. The van der Waals surface area contributed by atoms with E-state index in [1.165, 1.54) is 0 Å². The van der Waals surface area contributed by atoms with Gasteiger partial charge in [0.15, 0.2) is 5.89 Å². The van der Waals surface area contributed by atoms with Gasteiger partial charge in [0.1, 0.15) is 6.26 Å². The van der Waals surface area contributed by atoms with E-state index < -0.39 is 0 Å². The first-order valence-electron chi connectivity index (χ1n) is 8.25. The van der Waals surface area contributed by atoms with Gasteiger partial charge in [0.05, 0.1) is 5.69 Å². The van der Waals surface area contributed by atoms with E-state index in [0.29, 0.717) is 24.3 Å². The summed E-state index contributed by atoms with van der Waals surface area (Å²) >= 11 is 0. The Morgan fingerprint density at radius 1 is 1.45 bits per heavy atom. The molecule has 0 spiro atoms. The number of likely N-dealkylation sites (tertiary alicyclic amines) is 2. The summed E-state index contributed by atoms with van der Waals surface area (Å²) in [5, 5.41) is 3.15. The van der Waals surface area contributed by atoms with Crippen molar-refractivity contribution < 1.29 is 9.21 Å². The minimum Gasteiger partial charge on any atom is -0.449 e. The van der Waals surface area contributed by atoms with Crippen LogP contribution in [0.25, 0.3) is 0 Å². The van der Waals surface area contributed by atoms with Gasteiger partial charge >= 0.3 is 0 Å². The van der Waals surface area contributed by atoms with Crippen LogP contribution in [0.1, 0.15) is 30.8 Å². The highest BCUT2D eigenvalue weighted by Gasteiger charge is 2.38. The van der Waals surface area contributed by atoms with Crippen molar-refractivity contribution in [3.05, 3.63) is 17.8 Å². The van der Waals surface area contributed by atoms with Crippen molar-refractivity contribution in [1.82, 2.24) is 20.1 Å². The van der Waals surface area contributed by atoms with E-state index in [9.17, 15) is 4.79 Å².